The quantitative estimate of drug-likeness (QED) is 0.451. The Morgan fingerprint density at radius 1 is 1.78 bits per heavy atom. The number of carbonyl (C=O) groups excluding carboxylic acids is 1. The number of hydrogen-bond acceptors (Lipinski definition) is 2. The molecule has 0 unspecified atom stereocenters. The Balaban J connectivity index is 2.92. The lowest BCUT2D eigenvalue weighted by atomic mass is 10.3. The van der Waals surface area contributed by atoms with Gasteiger partial charge in [0.25, 0.3) is 0 Å². The summed E-state index contributed by atoms with van der Waals surface area (Å²) in [7, 11) is 0. The van der Waals surface area contributed by atoms with Crippen LogP contribution in [0, 0.1) is 0 Å². The Hall–Kier alpha value is -0.0200. The van der Waals surface area contributed by atoms with E-state index in [4.69, 9.17) is 11.6 Å². The predicted octanol–water partition coefficient (Wildman–Crippen LogP) is 1.78. The van der Waals surface area contributed by atoms with Gasteiger partial charge in [-0.1, -0.05) is 11.6 Å². The second-order valence-electron chi connectivity index (χ2n) is 1.69. The van der Waals surface area contributed by atoms with Crippen molar-refractivity contribution in [1.82, 2.24) is 0 Å². The molecular weight excluding hydrogens is 207 g/mol. The molecule has 1 heterocycles. The summed E-state index contributed by atoms with van der Waals surface area (Å²) >= 11 is 8.65. The molecule has 0 aromatic carbocycles. The van der Waals surface area contributed by atoms with Crippen LogP contribution in [0.15, 0.2) is 10.6 Å². The molecule has 50 valence electrons. The highest BCUT2D eigenvalue weighted by atomic mass is 79.9. The zero-order valence-corrected chi connectivity index (χ0v) is 6.99. The second-order valence-corrected chi connectivity index (χ2v) is 2.93. The van der Waals surface area contributed by atoms with Crippen LogP contribution >= 0.6 is 27.5 Å². The average Bonchev–Trinajstić information content (AvgIpc) is 1.98. The van der Waals surface area contributed by atoms with Gasteiger partial charge in [0.2, 0.25) is 0 Å². The van der Waals surface area contributed by atoms with Crippen LogP contribution in [0.1, 0.15) is 6.92 Å². The summed E-state index contributed by atoms with van der Waals surface area (Å²) in [6.45, 7) is 1.63. The van der Waals surface area contributed by atoms with E-state index in [0.29, 0.717) is 10.6 Å². The third kappa shape index (κ3) is 1.12. The van der Waals surface area contributed by atoms with Crippen LogP contribution in [0.25, 0.3) is 0 Å². The van der Waals surface area contributed by atoms with E-state index in [0.717, 1.165) is 0 Å². The lowest BCUT2D eigenvalue weighted by molar-refractivity contribution is -0.136. The molecule has 0 N–H and O–H groups in total. The van der Waals surface area contributed by atoms with Gasteiger partial charge >= 0.3 is 5.97 Å². The molecule has 4 heteroatoms. The molecule has 0 bridgehead atoms. The summed E-state index contributed by atoms with van der Waals surface area (Å²) in [5, 5.41) is 0.0201. The topological polar surface area (TPSA) is 26.3 Å². The van der Waals surface area contributed by atoms with Crippen molar-refractivity contribution in [2.75, 3.05) is 0 Å². The maximum Gasteiger partial charge on any atom is 0.336 e. The summed E-state index contributed by atoms with van der Waals surface area (Å²) in [5.41, 5.74) is 0.485. The van der Waals surface area contributed by atoms with Gasteiger partial charge in [0.1, 0.15) is 0 Å². The molecular formula is C5H4BrClO2. The van der Waals surface area contributed by atoms with Crippen LogP contribution in [0.5, 0.6) is 0 Å². The average molecular weight is 211 g/mol. The van der Waals surface area contributed by atoms with Gasteiger partial charge in [-0.3, -0.25) is 0 Å². The normalized spacial score (nSPS) is 27.0. The third-order valence-corrected chi connectivity index (χ3v) is 2.46. The maximum atomic E-state index is 10.6. The fourth-order valence-electron chi connectivity index (χ4n) is 0.502. The van der Waals surface area contributed by atoms with Gasteiger partial charge in [-0.25, -0.2) is 4.79 Å². The Bertz CT molecular complexity index is 187. The maximum absolute atomic E-state index is 10.6. The molecule has 0 radical (unpaired) electrons. The van der Waals surface area contributed by atoms with E-state index in [1.165, 1.54) is 0 Å². The zero-order chi connectivity index (χ0) is 7.02. The number of alkyl halides is 1. The zero-order valence-electron chi connectivity index (χ0n) is 4.65. The Morgan fingerprint density at radius 3 is 2.44 bits per heavy atom. The molecule has 0 amide bonds. The first-order valence-electron chi connectivity index (χ1n) is 2.34. The summed E-state index contributed by atoms with van der Waals surface area (Å²) in [6, 6.07) is 0. The predicted molar refractivity (Wildman–Crippen MR) is 37.4 cm³/mol. The third-order valence-electron chi connectivity index (χ3n) is 1.07. The van der Waals surface area contributed by atoms with Gasteiger partial charge in [0.15, 0.2) is 5.01 Å². The van der Waals surface area contributed by atoms with Crippen LogP contribution in [0.2, 0.25) is 0 Å². The van der Waals surface area contributed by atoms with E-state index in [1.807, 2.05) is 0 Å². The second kappa shape index (κ2) is 2.31. The lowest BCUT2D eigenvalue weighted by Gasteiger charge is -1.96. The SMILES string of the molecule is CC1=C(Cl)[C@H](Br)OC1=O. The summed E-state index contributed by atoms with van der Waals surface area (Å²) in [4.78, 5) is 10.6. The summed E-state index contributed by atoms with van der Waals surface area (Å²) in [6.07, 6.45) is 0. The molecule has 1 aliphatic rings. The van der Waals surface area contributed by atoms with E-state index < -0.39 is 5.01 Å². The first-order valence-corrected chi connectivity index (χ1v) is 3.63. The molecule has 0 aromatic rings. The molecule has 0 aromatic heterocycles. The Morgan fingerprint density at radius 2 is 2.33 bits per heavy atom. The van der Waals surface area contributed by atoms with Crippen molar-refractivity contribution < 1.29 is 9.53 Å². The van der Waals surface area contributed by atoms with E-state index in [9.17, 15) is 4.79 Å². The van der Waals surface area contributed by atoms with Crippen molar-refractivity contribution >= 4 is 33.5 Å². The van der Waals surface area contributed by atoms with E-state index in [-0.39, 0.29) is 5.97 Å². The van der Waals surface area contributed by atoms with Gasteiger partial charge in [0, 0.05) is 0 Å². The standard InChI is InChI=1S/C5H4BrClO2/c1-2-3(7)4(6)9-5(2)8/h4H,1H3/t4-/m1/s1. The van der Waals surface area contributed by atoms with Gasteiger partial charge in [0.05, 0.1) is 10.6 Å². The fraction of sp³-hybridized carbons (Fsp3) is 0.400. The Kier molecular flexibility index (Phi) is 1.82. The highest BCUT2D eigenvalue weighted by molar-refractivity contribution is 9.09. The molecule has 1 rings (SSSR count). The number of carbonyl (C=O) groups is 1. The van der Waals surface area contributed by atoms with Crippen LogP contribution in [-0.4, -0.2) is 11.0 Å². The molecule has 0 fully saturated rings. The number of esters is 1. The monoisotopic (exact) mass is 210 g/mol. The van der Waals surface area contributed by atoms with E-state index in [1.54, 1.807) is 6.92 Å². The molecule has 2 nitrogen and oxygen atoms in total. The molecule has 0 spiro atoms. The van der Waals surface area contributed by atoms with Crippen molar-refractivity contribution in [3.8, 4) is 0 Å². The molecule has 0 saturated carbocycles. The summed E-state index contributed by atoms with van der Waals surface area (Å²) < 4.78 is 4.66. The van der Waals surface area contributed by atoms with Crippen LogP contribution in [-0.2, 0) is 9.53 Å². The van der Waals surface area contributed by atoms with Gasteiger partial charge < -0.3 is 4.74 Å². The fourth-order valence-corrected chi connectivity index (χ4v) is 1.14. The largest absolute Gasteiger partial charge is 0.441 e. The minimum absolute atomic E-state index is 0.345. The van der Waals surface area contributed by atoms with E-state index in [2.05, 4.69) is 20.7 Å². The first-order chi connectivity index (χ1) is 4.13. The van der Waals surface area contributed by atoms with Crippen LogP contribution in [0.4, 0.5) is 0 Å². The van der Waals surface area contributed by atoms with Crippen LogP contribution in [0.3, 0.4) is 0 Å². The van der Waals surface area contributed by atoms with Gasteiger partial charge in [-0.2, -0.15) is 0 Å². The van der Waals surface area contributed by atoms with Gasteiger partial charge in [-0.05, 0) is 22.9 Å². The number of halogens is 2. The Labute approximate surface area is 65.9 Å². The molecule has 0 saturated heterocycles. The highest BCUT2D eigenvalue weighted by Crippen LogP contribution is 2.28. The van der Waals surface area contributed by atoms with Gasteiger partial charge in [-0.15, -0.1) is 0 Å². The molecule has 1 atom stereocenters. The lowest BCUT2D eigenvalue weighted by Crippen LogP contribution is -2.00. The number of cyclic esters (lactones) is 1. The number of rotatable bonds is 0. The molecule has 9 heavy (non-hydrogen) atoms. The summed E-state index contributed by atoms with van der Waals surface area (Å²) in [5.74, 6) is -0.345. The smallest absolute Gasteiger partial charge is 0.336 e. The number of hydrogen-bond donors (Lipinski definition) is 0. The van der Waals surface area contributed by atoms with Crippen molar-refractivity contribution in [1.29, 1.82) is 0 Å². The first kappa shape index (κ1) is 7.09. The van der Waals surface area contributed by atoms with Crippen molar-refractivity contribution in [3.63, 3.8) is 0 Å². The van der Waals surface area contributed by atoms with E-state index >= 15 is 0 Å². The van der Waals surface area contributed by atoms with Crippen molar-refractivity contribution in [2.24, 2.45) is 0 Å². The van der Waals surface area contributed by atoms with Crippen molar-refractivity contribution in [2.45, 2.75) is 11.9 Å². The van der Waals surface area contributed by atoms with Crippen LogP contribution < -0.4 is 0 Å². The molecule has 1 aliphatic heterocycles. The minimum Gasteiger partial charge on any atom is -0.441 e. The molecule has 0 aliphatic carbocycles. The number of ether oxygens (including phenoxy) is 1. The minimum atomic E-state index is -0.424. The van der Waals surface area contributed by atoms with Crippen molar-refractivity contribution in [3.05, 3.63) is 10.6 Å². The highest BCUT2D eigenvalue weighted by Gasteiger charge is 2.27.